The Balaban J connectivity index is 2.53. The second-order valence-electron chi connectivity index (χ2n) is 4.83. The number of sulfonamides is 1. The molecular weight excluding hydrogens is 370 g/mol. The van der Waals surface area contributed by atoms with Gasteiger partial charge in [0.15, 0.2) is 0 Å². The minimum atomic E-state index is -3.94. The van der Waals surface area contributed by atoms with Gasteiger partial charge in [0.2, 0.25) is 10.0 Å². The number of hydrogen-bond donors (Lipinski definition) is 1. The standard InChI is InChI=1S/C12H13BrClNO4S/c1-12(11(16)17)5-2-6-15(12)20(18,19)10-4-3-8(13)7-9(10)14/h3-4,7H,2,5-6H2,1H3,(H,16,17). The second kappa shape index (κ2) is 5.29. The minimum Gasteiger partial charge on any atom is -0.480 e. The summed E-state index contributed by atoms with van der Waals surface area (Å²) in [5.74, 6) is -1.15. The molecule has 0 saturated carbocycles. The lowest BCUT2D eigenvalue weighted by atomic mass is 10.0. The quantitative estimate of drug-likeness (QED) is 0.872. The van der Waals surface area contributed by atoms with Crippen molar-refractivity contribution in [3.8, 4) is 0 Å². The number of carbonyl (C=O) groups is 1. The largest absolute Gasteiger partial charge is 0.480 e. The van der Waals surface area contributed by atoms with Crippen LogP contribution in [0.15, 0.2) is 27.6 Å². The van der Waals surface area contributed by atoms with Crippen molar-refractivity contribution in [3.63, 3.8) is 0 Å². The molecule has 1 atom stereocenters. The van der Waals surface area contributed by atoms with E-state index in [1.807, 2.05) is 0 Å². The van der Waals surface area contributed by atoms with Crippen LogP contribution in [0.2, 0.25) is 5.02 Å². The van der Waals surface area contributed by atoms with E-state index in [-0.39, 0.29) is 22.9 Å². The summed E-state index contributed by atoms with van der Waals surface area (Å²) >= 11 is 9.19. The highest BCUT2D eigenvalue weighted by Gasteiger charge is 2.50. The molecule has 1 aliphatic heterocycles. The number of nitrogens with zero attached hydrogens (tertiary/aromatic N) is 1. The van der Waals surface area contributed by atoms with Gasteiger partial charge in [-0.2, -0.15) is 4.31 Å². The average Bonchev–Trinajstić information content (AvgIpc) is 2.73. The first-order valence-electron chi connectivity index (χ1n) is 5.91. The zero-order chi connectivity index (χ0) is 15.1. The van der Waals surface area contributed by atoms with Crippen LogP contribution in [0.3, 0.4) is 0 Å². The van der Waals surface area contributed by atoms with Crippen LogP contribution in [0, 0.1) is 0 Å². The lowest BCUT2D eigenvalue weighted by Crippen LogP contribution is -2.50. The summed E-state index contributed by atoms with van der Waals surface area (Å²) in [5.41, 5.74) is -1.42. The summed E-state index contributed by atoms with van der Waals surface area (Å²) in [4.78, 5) is 11.3. The highest BCUT2D eigenvalue weighted by atomic mass is 79.9. The number of aliphatic carboxylic acids is 1. The molecular formula is C12H13BrClNO4S. The monoisotopic (exact) mass is 381 g/mol. The van der Waals surface area contributed by atoms with Gasteiger partial charge in [0, 0.05) is 11.0 Å². The van der Waals surface area contributed by atoms with Crippen LogP contribution < -0.4 is 0 Å². The molecule has 0 aromatic heterocycles. The van der Waals surface area contributed by atoms with Gasteiger partial charge in [-0.15, -0.1) is 0 Å². The van der Waals surface area contributed by atoms with Gasteiger partial charge < -0.3 is 5.11 Å². The van der Waals surface area contributed by atoms with Gasteiger partial charge >= 0.3 is 5.97 Å². The van der Waals surface area contributed by atoms with Crippen molar-refractivity contribution in [2.75, 3.05) is 6.54 Å². The van der Waals surface area contributed by atoms with Crippen molar-refractivity contribution in [1.29, 1.82) is 0 Å². The number of halogens is 2. The summed E-state index contributed by atoms with van der Waals surface area (Å²) in [5, 5.41) is 9.39. The van der Waals surface area contributed by atoms with Crippen molar-refractivity contribution < 1.29 is 18.3 Å². The molecule has 0 spiro atoms. The molecule has 1 saturated heterocycles. The Morgan fingerprint density at radius 1 is 1.50 bits per heavy atom. The lowest BCUT2D eigenvalue weighted by molar-refractivity contribution is -0.146. The summed E-state index contributed by atoms with van der Waals surface area (Å²) in [6.07, 6.45) is 0.798. The minimum absolute atomic E-state index is 0.0685. The third kappa shape index (κ3) is 2.47. The molecule has 8 heteroatoms. The second-order valence-corrected chi connectivity index (χ2v) is 7.99. The van der Waals surface area contributed by atoms with E-state index in [1.54, 1.807) is 6.07 Å². The Morgan fingerprint density at radius 3 is 2.70 bits per heavy atom. The predicted octanol–water partition coefficient (Wildman–Crippen LogP) is 2.73. The molecule has 1 aromatic carbocycles. The van der Waals surface area contributed by atoms with E-state index < -0.39 is 21.5 Å². The van der Waals surface area contributed by atoms with Crippen molar-refractivity contribution in [1.82, 2.24) is 4.31 Å². The van der Waals surface area contributed by atoms with E-state index in [1.165, 1.54) is 19.1 Å². The van der Waals surface area contributed by atoms with Crippen LogP contribution >= 0.6 is 27.5 Å². The molecule has 0 bridgehead atoms. The number of rotatable bonds is 3. The number of carboxylic acid groups (broad SMARTS) is 1. The smallest absolute Gasteiger partial charge is 0.324 e. The maximum atomic E-state index is 12.6. The fraction of sp³-hybridized carbons (Fsp3) is 0.417. The van der Waals surface area contributed by atoms with E-state index >= 15 is 0 Å². The molecule has 1 heterocycles. The molecule has 1 N–H and O–H groups in total. The van der Waals surface area contributed by atoms with Crippen molar-refractivity contribution in [3.05, 3.63) is 27.7 Å². The summed E-state index contributed by atoms with van der Waals surface area (Å²) in [6, 6.07) is 4.41. The average molecular weight is 383 g/mol. The van der Waals surface area contributed by atoms with Gasteiger partial charge in [-0.25, -0.2) is 8.42 Å². The molecule has 0 amide bonds. The zero-order valence-electron chi connectivity index (χ0n) is 10.6. The van der Waals surface area contributed by atoms with Crippen molar-refractivity contribution in [2.24, 2.45) is 0 Å². The van der Waals surface area contributed by atoms with Gasteiger partial charge in [-0.1, -0.05) is 27.5 Å². The molecule has 1 aliphatic rings. The van der Waals surface area contributed by atoms with E-state index in [0.29, 0.717) is 10.9 Å². The Morgan fingerprint density at radius 2 is 2.15 bits per heavy atom. The van der Waals surface area contributed by atoms with Crippen LogP contribution in [-0.2, 0) is 14.8 Å². The zero-order valence-corrected chi connectivity index (χ0v) is 13.8. The van der Waals surface area contributed by atoms with Crippen LogP contribution in [0.25, 0.3) is 0 Å². The molecule has 5 nitrogen and oxygen atoms in total. The third-order valence-electron chi connectivity index (χ3n) is 3.50. The van der Waals surface area contributed by atoms with Gasteiger partial charge in [0.05, 0.1) is 5.02 Å². The Labute approximate surface area is 130 Å². The Bertz CT molecular complexity index is 663. The maximum absolute atomic E-state index is 12.6. The molecule has 1 aromatic rings. The van der Waals surface area contributed by atoms with E-state index in [4.69, 9.17) is 11.6 Å². The van der Waals surface area contributed by atoms with Crippen LogP contribution in [0.1, 0.15) is 19.8 Å². The van der Waals surface area contributed by atoms with Crippen molar-refractivity contribution in [2.45, 2.75) is 30.2 Å². The third-order valence-corrected chi connectivity index (χ3v) is 6.49. The first-order chi connectivity index (χ1) is 9.19. The van der Waals surface area contributed by atoms with Crippen LogP contribution in [0.5, 0.6) is 0 Å². The highest BCUT2D eigenvalue weighted by Crippen LogP contribution is 2.37. The number of benzene rings is 1. The first kappa shape index (κ1) is 15.8. The molecule has 0 aliphatic carbocycles. The maximum Gasteiger partial charge on any atom is 0.324 e. The van der Waals surface area contributed by atoms with Crippen LogP contribution in [-0.4, -0.2) is 35.9 Å². The Kier molecular flexibility index (Phi) is 4.17. The van der Waals surface area contributed by atoms with Gasteiger partial charge in [0.25, 0.3) is 0 Å². The van der Waals surface area contributed by atoms with E-state index in [0.717, 1.165) is 4.31 Å². The fourth-order valence-electron chi connectivity index (χ4n) is 2.34. The van der Waals surface area contributed by atoms with Crippen molar-refractivity contribution >= 4 is 43.5 Å². The number of hydrogen-bond acceptors (Lipinski definition) is 3. The fourth-order valence-corrected chi connectivity index (χ4v) is 5.16. The van der Waals surface area contributed by atoms with E-state index in [2.05, 4.69) is 15.9 Å². The molecule has 1 unspecified atom stereocenters. The molecule has 20 heavy (non-hydrogen) atoms. The van der Waals surface area contributed by atoms with Crippen LogP contribution in [0.4, 0.5) is 0 Å². The van der Waals surface area contributed by atoms with E-state index in [9.17, 15) is 18.3 Å². The summed E-state index contributed by atoms with van der Waals surface area (Å²) in [7, 11) is -3.94. The highest BCUT2D eigenvalue weighted by molar-refractivity contribution is 9.10. The Hall–Kier alpha value is -0.630. The topological polar surface area (TPSA) is 74.7 Å². The molecule has 1 fully saturated rings. The summed E-state index contributed by atoms with van der Waals surface area (Å²) < 4.78 is 27.0. The SMILES string of the molecule is CC1(C(=O)O)CCCN1S(=O)(=O)c1ccc(Br)cc1Cl. The van der Waals surface area contributed by atoms with Gasteiger partial charge in [-0.3, -0.25) is 4.79 Å². The van der Waals surface area contributed by atoms with Gasteiger partial charge in [0.1, 0.15) is 10.4 Å². The normalized spacial score (nSPS) is 23.9. The summed E-state index contributed by atoms with van der Waals surface area (Å²) in [6.45, 7) is 1.60. The molecule has 2 rings (SSSR count). The lowest BCUT2D eigenvalue weighted by Gasteiger charge is -2.30. The van der Waals surface area contributed by atoms with Gasteiger partial charge in [-0.05, 0) is 38.0 Å². The number of carboxylic acids is 1. The molecule has 110 valence electrons. The predicted molar refractivity (Wildman–Crippen MR) is 78.3 cm³/mol. The first-order valence-corrected chi connectivity index (χ1v) is 8.52. The molecule has 0 radical (unpaired) electrons.